The Morgan fingerprint density at radius 1 is 0.962 bits per heavy atom. The molecule has 3 heterocycles. The Hall–Kier alpha value is -2.58. The van der Waals surface area contributed by atoms with Gasteiger partial charge in [0.05, 0.1) is 6.04 Å². The van der Waals surface area contributed by atoms with Crippen molar-refractivity contribution in [2.75, 3.05) is 26.7 Å². The van der Waals surface area contributed by atoms with Gasteiger partial charge in [0.1, 0.15) is 0 Å². The lowest BCUT2D eigenvalue weighted by molar-refractivity contribution is 0.190. The zero-order valence-electron chi connectivity index (χ0n) is 14.6. The monoisotopic (exact) mass is 352 g/mol. The second-order valence-electron chi connectivity index (χ2n) is 6.97. The lowest BCUT2D eigenvalue weighted by Gasteiger charge is -2.30. The third kappa shape index (κ3) is 2.91. The minimum absolute atomic E-state index is 0.139. The van der Waals surface area contributed by atoms with Crippen molar-refractivity contribution in [3.63, 3.8) is 0 Å². The van der Waals surface area contributed by atoms with Gasteiger partial charge in [0.25, 0.3) is 11.8 Å². The van der Waals surface area contributed by atoms with Crippen molar-refractivity contribution in [2.24, 2.45) is 0 Å². The summed E-state index contributed by atoms with van der Waals surface area (Å²) in [4.78, 5) is 11.3. The molecule has 2 fully saturated rings. The number of aromatic nitrogens is 4. The molecule has 0 radical (unpaired) electrons. The fourth-order valence-corrected chi connectivity index (χ4v) is 3.20. The third-order valence-electron chi connectivity index (χ3n) is 5.01. The predicted octanol–water partition coefficient (Wildman–Crippen LogP) is 2.24. The molecule has 26 heavy (non-hydrogen) atoms. The molecule has 1 aliphatic carbocycles. The Labute approximate surface area is 150 Å². The van der Waals surface area contributed by atoms with Gasteiger partial charge in [0, 0.05) is 36.7 Å². The van der Waals surface area contributed by atoms with Crippen LogP contribution in [0.25, 0.3) is 22.9 Å². The van der Waals surface area contributed by atoms with Crippen molar-refractivity contribution < 1.29 is 9.05 Å². The number of nitrogens with one attached hydrogen (secondary N) is 1. The highest BCUT2D eigenvalue weighted by atomic mass is 16.5. The van der Waals surface area contributed by atoms with E-state index in [0.29, 0.717) is 23.5 Å². The van der Waals surface area contributed by atoms with Crippen LogP contribution >= 0.6 is 0 Å². The highest BCUT2D eigenvalue weighted by Gasteiger charge is 2.29. The molecule has 1 aliphatic heterocycles. The average Bonchev–Trinajstić information content (AvgIpc) is 3.20. The number of likely N-dealkylation sites (N-methyl/N-ethyl adjacent to an activating group) is 1. The van der Waals surface area contributed by atoms with Crippen LogP contribution in [0.5, 0.6) is 0 Å². The number of hydrogen-bond donors (Lipinski definition) is 1. The Kier molecular flexibility index (Phi) is 3.79. The van der Waals surface area contributed by atoms with E-state index in [0.717, 1.165) is 49.4 Å². The molecule has 2 aromatic heterocycles. The first-order valence-electron chi connectivity index (χ1n) is 8.97. The van der Waals surface area contributed by atoms with E-state index >= 15 is 0 Å². The Morgan fingerprint density at radius 2 is 1.58 bits per heavy atom. The maximum Gasteiger partial charge on any atom is 0.257 e. The molecule has 0 spiro atoms. The minimum atomic E-state index is 0.139. The number of benzene rings is 1. The van der Waals surface area contributed by atoms with E-state index in [9.17, 15) is 0 Å². The zero-order chi connectivity index (χ0) is 17.5. The lowest BCUT2D eigenvalue weighted by Crippen LogP contribution is -2.44. The van der Waals surface area contributed by atoms with Gasteiger partial charge in [-0.05, 0) is 44.2 Å². The van der Waals surface area contributed by atoms with Crippen LogP contribution in [0.3, 0.4) is 0 Å². The van der Waals surface area contributed by atoms with E-state index in [-0.39, 0.29) is 6.04 Å². The topological polar surface area (TPSA) is 93.1 Å². The van der Waals surface area contributed by atoms with Crippen molar-refractivity contribution in [1.82, 2.24) is 30.5 Å². The first-order valence-corrected chi connectivity index (χ1v) is 8.97. The summed E-state index contributed by atoms with van der Waals surface area (Å²) in [6.45, 7) is 2.78. The molecule has 1 N–H and O–H groups in total. The minimum Gasteiger partial charge on any atom is -0.334 e. The van der Waals surface area contributed by atoms with Crippen LogP contribution < -0.4 is 5.32 Å². The molecule has 134 valence electrons. The summed E-state index contributed by atoms with van der Waals surface area (Å²) < 4.78 is 10.8. The summed E-state index contributed by atoms with van der Waals surface area (Å²) in [6.07, 6.45) is 2.31. The van der Waals surface area contributed by atoms with Crippen LogP contribution in [0, 0.1) is 0 Å². The van der Waals surface area contributed by atoms with E-state index in [4.69, 9.17) is 9.05 Å². The molecule has 1 saturated carbocycles. The highest BCUT2D eigenvalue weighted by molar-refractivity contribution is 5.61. The van der Waals surface area contributed by atoms with Crippen LogP contribution in [-0.4, -0.2) is 51.9 Å². The maximum absolute atomic E-state index is 5.47. The maximum atomic E-state index is 5.47. The number of piperazine rings is 1. The van der Waals surface area contributed by atoms with Gasteiger partial charge >= 0.3 is 0 Å². The van der Waals surface area contributed by atoms with Gasteiger partial charge in [0.2, 0.25) is 0 Å². The van der Waals surface area contributed by atoms with Gasteiger partial charge in [-0.1, -0.05) is 10.3 Å². The summed E-state index contributed by atoms with van der Waals surface area (Å²) >= 11 is 0. The van der Waals surface area contributed by atoms with E-state index in [1.807, 2.05) is 24.3 Å². The second kappa shape index (κ2) is 6.30. The smallest absolute Gasteiger partial charge is 0.257 e. The fourth-order valence-electron chi connectivity index (χ4n) is 3.20. The molecule has 0 bridgehead atoms. The van der Waals surface area contributed by atoms with Gasteiger partial charge in [-0.2, -0.15) is 9.97 Å². The van der Waals surface area contributed by atoms with Crippen LogP contribution in [0.1, 0.15) is 36.5 Å². The van der Waals surface area contributed by atoms with E-state index < -0.39 is 0 Å². The Balaban J connectivity index is 1.35. The molecule has 5 rings (SSSR count). The quantitative estimate of drug-likeness (QED) is 0.764. The summed E-state index contributed by atoms with van der Waals surface area (Å²) in [6, 6.07) is 7.90. The first kappa shape index (κ1) is 15.7. The fraction of sp³-hybridized carbons (Fsp3) is 0.444. The molecule has 1 unspecified atom stereocenters. The molecular weight excluding hydrogens is 332 g/mol. The van der Waals surface area contributed by atoms with Crippen LogP contribution in [-0.2, 0) is 0 Å². The zero-order valence-corrected chi connectivity index (χ0v) is 14.6. The lowest BCUT2D eigenvalue weighted by atomic mass is 10.1. The number of rotatable bonds is 4. The van der Waals surface area contributed by atoms with Crippen LogP contribution in [0.2, 0.25) is 0 Å². The molecule has 2 aliphatic rings. The summed E-state index contributed by atoms with van der Waals surface area (Å²) in [5.41, 5.74) is 1.77. The molecule has 1 atom stereocenters. The van der Waals surface area contributed by atoms with Crippen LogP contribution in [0.4, 0.5) is 0 Å². The van der Waals surface area contributed by atoms with Crippen LogP contribution in [0.15, 0.2) is 33.3 Å². The number of hydrogen-bond acceptors (Lipinski definition) is 8. The largest absolute Gasteiger partial charge is 0.334 e. The first-order chi connectivity index (χ1) is 12.8. The van der Waals surface area contributed by atoms with Crippen molar-refractivity contribution in [2.45, 2.75) is 24.8 Å². The second-order valence-corrected chi connectivity index (χ2v) is 6.97. The molecule has 1 aromatic carbocycles. The predicted molar refractivity (Wildman–Crippen MR) is 93.2 cm³/mol. The SMILES string of the molecule is CN1CCNCC1c1noc(-c2ccc(-c3nc(C4CC4)no3)cc2)n1. The average molecular weight is 352 g/mol. The standard InChI is InChI=1S/C18H20N6O2/c1-24-9-8-19-10-14(24)16-21-18(26-23-16)13-6-4-12(5-7-13)17-20-15(22-25-17)11-2-3-11/h4-7,11,14,19H,2-3,8-10H2,1H3. The molecule has 8 heteroatoms. The van der Waals surface area contributed by atoms with Crippen molar-refractivity contribution in [1.29, 1.82) is 0 Å². The summed E-state index contributed by atoms with van der Waals surface area (Å²) in [5.74, 6) is 3.09. The van der Waals surface area contributed by atoms with Gasteiger partial charge in [0.15, 0.2) is 11.6 Å². The molecular formula is C18H20N6O2. The van der Waals surface area contributed by atoms with Gasteiger partial charge in [-0.25, -0.2) is 0 Å². The van der Waals surface area contributed by atoms with Gasteiger partial charge in [-0.3, -0.25) is 4.90 Å². The van der Waals surface area contributed by atoms with E-state index in [1.54, 1.807) is 0 Å². The van der Waals surface area contributed by atoms with Gasteiger partial charge < -0.3 is 14.4 Å². The summed E-state index contributed by atoms with van der Waals surface area (Å²) in [7, 11) is 2.08. The molecule has 1 saturated heterocycles. The number of nitrogens with zero attached hydrogens (tertiary/aromatic N) is 5. The van der Waals surface area contributed by atoms with Crippen molar-refractivity contribution in [3.8, 4) is 22.9 Å². The Morgan fingerprint density at radius 3 is 2.19 bits per heavy atom. The molecule has 8 nitrogen and oxygen atoms in total. The van der Waals surface area contributed by atoms with E-state index in [1.165, 1.54) is 0 Å². The highest BCUT2D eigenvalue weighted by Crippen LogP contribution is 2.39. The van der Waals surface area contributed by atoms with Crippen molar-refractivity contribution in [3.05, 3.63) is 35.9 Å². The van der Waals surface area contributed by atoms with E-state index in [2.05, 4.69) is 37.5 Å². The van der Waals surface area contributed by atoms with Crippen molar-refractivity contribution >= 4 is 0 Å². The van der Waals surface area contributed by atoms with Gasteiger partial charge in [-0.15, -0.1) is 0 Å². The Bertz CT molecular complexity index is 899. The normalized spacial score (nSPS) is 21.2. The molecule has 0 amide bonds. The third-order valence-corrected chi connectivity index (χ3v) is 5.01. The molecule has 3 aromatic rings. The summed E-state index contributed by atoms with van der Waals surface area (Å²) in [5, 5.41) is 11.6.